The lowest BCUT2D eigenvalue weighted by atomic mass is 10.2. The van der Waals surface area contributed by atoms with Crippen LogP contribution in [-0.4, -0.2) is 58.5 Å². The van der Waals surface area contributed by atoms with Gasteiger partial charge < -0.3 is 24.5 Å². The lowest BCUT2D eigenvalue weighted by Gasteiger charge is -2.28. The van der Waals surface area contributed by atoms with Crippen LogP contribution in [0.5, 0.6) is 5.88 Å². The molecule has 4 aromatic rings. The molecule has 150 valence electrons. The van der Waals surface area contributed by atoms with Crippen molar-refractivity contribution in [3.8, 4) is 17.3 Å². The molecule has 0 unspecified atom stereocenters. The second-order valence-electron chi connectivity index (χ2n) is 7.13. The van der Waals surface area contributed by atoms with Crippen molar-refractivity contribution < 1.29 is 13.9 Å². The van der Waals surface area contributed by atoms with Gasteiger partial charge in [0.05, 0.1) is 24.8 Å². The Labute approximate surface area is 167 Å². The van der Waals surface area contributed by atoms with Crippen LogP contribution in [0.15, 0.2) is 41.1 Å². The molecule has 5 rings (SSSR count). The van der Waals surface area contributed by atoms with E-state index in [1.54, 1.807) is 23.0 Å². The van der Waals surface area contributed by atoms with Gasteiger partial charge in [0.1, 0.15) is 23.7 Å². The highest BCUT2D eigenvalue weighted by atomic mass is 16.5. The average molecular weight is 394 g/mol. The van der Waals surface area contributed by atoms with Crippen molar-refractivity contribution in [3.05, 3.63) is 36.7 Å². The fourth-order valence-electron chi connectivity index (χ4n) is 3.42. The van der Waals surface area contributed by atoms with E-state index in [0.717, 1.165) is 35.6 Å². The molecule has 0 amide bonds. The Kier molecular flexibility index (Phi) is 4.53. The van der Waals surface area contributed by atoms with Gasteiger partial charge >= 0.3 is 0 Å². The van der Waals surface area contributed by atoms with E-state index < -0.39 is 0 Å². The minimum Gasteiger partial charge on any atom is -0.475 e. The number of furan rings is 1. The van der Waals surface area contributed by atoms with E-state index in [9.17, 15) is 0 Å². The third-order valence-corrected chi connectivity index (χ3v) is 4.82. The number of nitrogens with zero attached hydrogens (tertiary/aromatic N) is 5. The maximum Gasteiger partial charge on any atom is 0.231 e. The summed E-state index contributed by atoms with van der Waals surface area (Å²) in [5.74, 6) is 2.07. The van der Waals surface area contributed by atoms with Crippen molar-refractivity contribution in [1.29, 1.82) is 0 Å². The molecule has 1 saturated heterocycles. The number of fused-ring (bicyclic) bond motifs is 2. The van der Waals surface area contributed by atoms with E-state index in [1.165, 1.54) is 0 Å². The van der Waals surface area contributed by atoms with Crippen LogP contribution in [0.25, 0.3) is 28.1 Å². The zero-order valence-electron chi connectivity index (χ0n) is 16.1. The summed E-state index contributed by atoms with van der Waals surface area (Å²) in [6.07, 6.45) is 3.52. The second kappa shape index (κ2) is 7.34. The van der Waals surface area contributed by atoms with Gasteiger partial charge in [-0.1, -0.05) is 0 Å². The summed E-state index contributed by atoms with van der Waals surface area (Å²) in [6, 6.07) is 7.44. The zero-order chi connectivity index (χ0) is 19.8. The fraction of sp³-hybridized carbons (Fsp3) is 0.350. The molecule has 1 aliphatic heterocycles. The first-order chi connectivity index (χ1) is 14.2. The number of hydrogen-bond donors (Lipinski definition) is 1. The summed E-state index contributed by atoms with van der Waals surface area (Å²) < 4.78 is 19.0. The SMILES string of the molecule is C[C@H](N)COc1ccc2ncc(-c3cc4c(N5CCOCC5)nccc4o3)n2n1. The molecule has 0 bridgehead atoms. The third-order valence-electron chi connectivity index (χ3n) is 4.82. The lowest BCUT2D eigenvalue weighted by molar-refractivity contribution is 0.122. The molecule has 0 aromatic carbocycles. The molecule has 1 fully saturated rings. The minimum atomic E-state index is -0.0729. The van der Waals surface area contributed by atoms with Crippen LogP contribution in [0, 0.1) is 0 Å². The maximum atomic E-state index is 6.13. The standard InChI is InChI=1S/C20H22N6O3/c1-13(21)12-28-19-3-2-18-23-11-15(26(18)24-19)17-10-14-16(29-17)4-5-22-20(14)25-6-8-27-9-7-25/h2-5,10-11,13H,6-9,12,21H2,1H3/t13-/m0/s1. The summed E-state index contributed by atoms with van der Waals surface area (Å²) in [5.41, 5.74) is 8.00. The Hall–Kier alpha value is -3.17. The topological polar surface area (TPSA) is 104 Å². The predicted molar refractivity (Wildman–Crippen MR) is 108 cm³/mol. The largest absolute Gasteiger partial charge is 0.475 e. The van der Waals surface area contributed by atoms with Gasteiger partial charge in [0.2, 0.25) is 5.88 Å². The Balaban J connectivity index is 1.55. The number of rotatable bonds is 5. The molecular weight excluding hydrogens is 372 g/mol. The van der Waals surface area contributed by atoms with Gasteiger partial charge in [-0.15, -0.1) is 5.10 Å². The number of ether oxygens (including phenoxy) is 2. The van der Waals surface area contributed by atoms with Crippen LogP contribution in [-0.2, 0) is 4.74 Å². The Morgan fingerprint density at radius 3 is 2.90 bits per heavy atom. The van der Waals surface area contributed by atoms with Crippen LogP contribution >= 0.6 is 0 Å². The number of nitrogens with two attached hydrogens (primary N) is 1. The lowest BCUT2D eigenvalue weighted by Crippen LogP contribution is -2.36. The van der Waals surface area contributed by atoms with Gasteiger partial charge in [-0.05, 0) is 25.1 Å². The predicted octanol–water partition coefficient (Wildman–Crippen LogP) is 2.10. The monoisotopic (exact) mass is 394 g/mol. The number of morpholine rings is 1. The summed E-state index contributed by atoms with van der Waals surface area (Å²) in [6.45, 7) is 5.29. The van der Waals surface area contributed by atoms with Crippen molar-refractivity contribution >= 4 is 22.4 Å². The molecule has 0 spiro atoms. The van der Waals surface area contributed by atoms with Crippen molar-refractivity contribution in [2.45, 2.75) is 13.0 Å². The smallest absolute Gasteiger partial charge is 0.231 e. The third kappa shape index (κ3) is 3.39. The van der Waals surface area contributed by atoms with Crippen LogP contribution in [0.4, 0.5) is 5.82 Å². The van der Waals surface area contributed by atoms with Gasteiger partial charge in [-0.2, -0.15) is 0 Å². The number of pyridine rings is 1. The first kappa shape index (κ1) is 17.9. The molecule has 1 aliphatic rings. The van der Waals surface area contributed by atoms with E-state index in [-0.39, 0.29) is 6.04 Å². The van der Waals surface area contributed by atoms with E-state index in [4.69, 9.17) is 19.6 Å². The van der Waals surface area contributed by atoms with E-state index in [0.29, 0.717) is 37.1 Å². The molecule has 9 nitrogen and oxygen atoms in total. The molecule has 0 radical (unpaired) electrons. The molecule has 4 aromatic heterocycles. The van der Waals surface area contributed by atoms with E-state index in [1.807, 2.05) is 25.1 Å². The first-order valence-corrected chi connectivity index (χ1v) is 9.64. The molecule has 0 saturated carbocycles. The van der Waals surface area contributed by atoms with Crippen LogP contribution in [0.1, 0.15) is 6.92 Å². The highest BCUT2D eigenvalue weighted by Gasteiger charge is 2.19. The number of imidazole rings is 1. The van der Waals surface area contributed by atoms with Crippen LogP contribution in [0.2, 0.25) is 0 Å². The van der Waals surface area contributed by atoms with Crippen LogP contribution < -0.4 is 15.4 Å². The summed E-state index contributed by atoms with van der Waals surface area (Å²) in [5, 5.41) is 5.50. The minimum absolute atomic E-state index is 0.0729. The number of hydrogen-bond acceptors (Lipinski definition) is 8. The van der Waals surface area contributed by atoms with E-state index in [2.05, 4.69) is 20.0 Å². The van der Waals surface area contributed by atoms with Gasteiger partial charge in [0.25, 0.3) is 0 Å². The summed E-state index contributed by atoms with van der Waals surface area (Å²) in [7, 11) is 0. The fourth-order valence-corrected chi connectivity index (χ4v) is 3.42. The molecule has 0 aliphatic carbocycles. The van der Waals surface area contributed by atoms with Crippen molar-refractivity contribution in [2.24, 2.45) is 5.73 Å². The molecule has 9 heteroatoms. The van der Waals surface area contributed by atoms with Crippen molar-refractivity contribution in [3.63, 3.8) is 0 Å². The van der Waals surface area contributed by atoms with Crippen molar-refractivity contribution in [1.82, 2.24) is 19.6 Å². The summed E-state index contributed by atoms with van der Waals surface area (Å²) in [4.78, 5) is 11.2. The van der Waals surface area contributed by atoms with Gasteiger partial charge in [0, 0.05) is 31.4 Å². The van der Waals surface area contributed by atoms with E-state index >= 15 is 0 Å². The number of anilines is 1. The first-order valence-electron chi connectivity index (χ1n) is 9.64. The normalized spacial score (nSPS) is 15.9. The highest BCUT2D eigenvalue weighted by Crippen LogP contribution is 2.33. The Morgan fingerprint density at radius 1 is 1.21 bits per heavy atom. The molecule has 1 atom stereocenters. The number of aromatic nitrogens is 4. The van der Waals surface area contributed by atoms with Gasteiger partial charge in [0.15, 0.2) is 11.4 Å². The summed E-state index contributed by atoms with van der Waals surface area (Å²) >= 11 is 0. The molecular formula is C20H22N6O3. The van der Waals surface area contributed by atoms with Gasteiger partial charge in [-0.25, -0.2) is 14.5 Å². The molecule has 29 heavy (non-hydrogen) atoms. The highest BCUT2D eigenvalue weighted by molar-refractivity contribution is 5.92. The average Bonchev–Trinajstić information content (AvgIpc) is 3.36. The Bertz CT molecular complexity index is 1150. The molecule has 2 N–H and O–H groups in total. The van der Waals surface area contributed by atoms with Crippen molar-refractivity contribution in [2.75, 3.05) is 37.8 Å². The van der Waals surface area contributed by atoms with Gasteiger partial charge in [-0.3, -0.25) is 0 Å². The maximum absolute atomic E-state index is 6.13. The molecule has 5 heterocycles. The Morgan fingerprint density at radius 2 is 2.07 bits per heavy atom. The zero-order valence-corrected chi connectivity index (χ0v) is 16.1. The second-order valence-corrected chi connectivity index (χ2v) is 7.13. The quantitative estimate of drug-likeness (QED) is 0.549. The van der Waals surface area contributed by atoms with Crippen LogP contribution in [0.3, 0.4) is 0 Å².